The highest BCUT2D eigenvalue weighted by Crippen LogP contribution is 2.36. The lowest BCUT2D eigenvalue weighted by atomic mass is 9.94. The maximum Gasteiger partial charge on any atom is 0.332 e. The molecule has 0 amide bonds. The number of phenolic OH excluding ortho intramolecular Hbond substituents is 2. The van der Waals surface area contributed by atoms with E-state index in [-0.39, 0.29) is 24.3 Å². The first-order chi connectivity index (χ1) is 8.27. The molecule has 1 atom stereocenters. The largest absolute Gasteiger partial charge is 0.507 e. The van der Waals surface area contributed by atoms with Crippen LogP contribution in [-0.2, 0) is 11.2 Å². The number of aliphatic hydroxyl groups is 1. The van der Waals surface area contributed by atoms with Crippen molar-refractivity contribution in [2.24, 2.45) is 0 Å². The van der Waals surface area contributed by atoms with Crippen molar-refractivity contribution in [3.05, 3.63) is 22.3 Å². The van der Waals surface area contributed by atoms with E-state index >= 15 is 0 Å². The van der Waals surface area contributed by atoms with Crippen LogP contribution in [0.15, 0.2) is 0 Å². The van der Waals surface area contributed by atoms with Gasteiger partial charge in [0.15, 0.2) is 6.10 Å². The van der Waals surface area contributed by atoms with Crippen molar-refractivity contribution in [1.29, 1.82) is 0 Å². The molecular weight excluding hydrogens is 236 g/mol. The van der Waals surface area contributed by atoms with Crippen molar-refractivity contribution < 1.29 is 25.2 Å². The summed E-state index contributed by atoms with van der Waals surface area (Å²) in [7, 11) is 0. The third kappa shape index (κ3) is 2.56. The molecule has 100 valence electrons. The predicted octanol–water partition coefficient (Wildman–Crippen LogP) is 1.40. The number of hydrogen-bond donors (Lipinski definition) is 4. The Balaban J connectivity index is 3.07. The molecule has 0 aliphatic carbocycles. The van der Waals surface area contributed by atoms with Gasteiger partial charge < -0.3 is 20.4 Å². The summed E-state index contributed by atoms with van der Waals surface area (Å²) in [6, 6.07) is 0. The quantitative estimate of drug-likeness (QED) is 0.609. The van der Waals surface area contributed by atoms with E-state index < -0.39 is 12.1 Å². The first-order valence-electron chi connectivity index (χ1n) is 5.68. The lowest BCUT2D eigenvalue weighted by Crippen LogP contribution is -2.20. The minimum absolute atomic E-state index is 0.00826. The van der Waals surface area contributed by atoms with Crippen LogP contribution in [-0.4, -0.2) is 32.5 Å². The van der Waals surface area contributed by atoms with Crippen LogP contribution >= 0.6 is 0 Å². The Morgan fingerprint density at radius 1 is 1.06 bits per heavy atom. The summed E-state index contributed by atoms with van der Waals surface area (Å²) in [5.41, 5.74) is 2.18. The molecule has 4 N–H and O–H groups in total. The first kappa shape index (κ1) is 14.3. The lowest BCUT2D eigenvalue weighted by molar-refractivity contribution is -0.146. The fourth-order valence-corrected chi connectivity index (χ4v) is 1.89. The Kier molecular flexibility index (Phi) is 4.19. The zero-order valence-corrected chi connectivity index (χ0v) is 10.7. The van der Waals surface area contributed by atoms with Gasteiger partial charge in [0.05, 0.1) is 0 Å². The first-order valence-corrected chi connectivity index (χ1v) is 5.68. The molecule has 0 aromatic heterocycles. The van der Waals surface area contributed by atoms with Crippen molar-refractivity contribution in [3.8, 4) is 11.5 Å². The molecule has 0 heterocycles. The Hall–Kier alpha value is -1.75. The second-order valence-electron chi connectivity index (χ2n) is 4.44. The molecule has 1 unspecified atom stereocenters. The van der Waals surface area contributed by atoms with Gasteiger partial charge in [-0.15, -0.1) is 0 Å². The second-order valence-corrected chi connectivity index (χ2v) is 4.44. The predicted molar refractivity (Wildman–Crippen MR) is 65.9 cm³/mol. The monoisotopic (exact) mass is 254 g/mol. The van der Waals surface area contributed by atoms with Gasteiger partial charge in [0.2, 0.25) is 0 Å². The molecule has 0 radical (unpaired) electrons. The van der Waals surface area contributed by atoms with Crippen LogP contribution in [0.2, 0.25) is 0 Å². The lowest BCUT2D eigenvalue weighted by Gasteiger charge is -2.16. The fraction of sp³-hybridized carbons (Fsp3) is 0.462. The molecule has 0 saturated carbocycles. The third-order valence-corrected chi connectivity index (χ3v) is 3.32. The van der Waals surface area contributed by atoms with Crippen molar-refractivity contribution in [1.82, 2.24) is 0 Å². The molecular formula is C13H18O5. The van der Waals surface area contributed by atoms with E-state index in [0.29, 0.717) is 22.3 Å². The van der Waals surface area contributed by atoms with E-state index in [1.807, 2.05) is 0 Å². The number of hydrogen-bond acceptors (Lipinski definition) is 4. The van der Waals surface area contributed by atoms with E-state index in [1.54, 1.807) is 20.8 Å². The van der Waals surface area contributed by atoms with E-state index in [0.717, 1.165) is 0 Å². The highest BCUT2D eigenvalue weighted by Gasteiger charge is 2.19. The number of phenols is 2. The summed E-state index contributed by atoms with van der Waals surface area (Å²) in [4.78, 5) is 10.5. The molecule has 0 fully saturated rings. The Labute approximate surface area is 105 Å². The van der Waals surface area contributed by atoms with Crippen LogP contribution in [0.3, 0.4) is 0 Å². The van der Waals surface area contributed by atoms with E-state index in [2.05, 4.69) is 0 Å². The molecule has 1 rings (SSSR count). The van der Waals surface area contributed by atoms with Crippen molar-refractivity contribution >= 4 is 5.97 Å². The zero-order valence-electron chi connectivity index (χ0n) is 10.7. The number of carboxylic acids is 1. The second kappa shape index (κ2) is 5.27. The van der Waals surface area contributed by atoms with Gasteiger partial charge in [-0.1, -0.05) is 0 Å². The number of aliphatic carboxylic acids is 1. The van der Waals surface area contributed by atoms with Gasteiger partial charge in [-0.25, -0.2) is 4.79 Å². The third-order valence-electron chi connectivity index (χ3n) is 3.32. The average molecular weight is 254 g/mol. The summed E-state index contributed by atoms with van der Waals surface area (Å²) < 4.78 is 0. The molecule has 18 heavy (non-hydrogen) atoms. The molecule has 0 aliphatic rings. The number of benzene rings is 1. The number of aromatic hydroxyl groups is 2. The van der Waals surface area contributed by atoms with Crippen molar-refractivity contribution in [2.75, 3.05) is 0 Å². The minimum Gasteiger partial charge on any atom is -0.507 e. The molecule has 0 aliphatic heterocycles. The van der Waals surface area contributed by atoms with Gasteiger partial charge in [-0.2, -0.15) is 0 Å². The summed E-state index contributed by atoms with van der Waals surface area (Å²) in [6.07, 6.45) is -1.28. The molecule has 1 aromatic carbocycles. The highest BCUT2D eigenvalue weighted by molar-refractivity contribution is 5.72. The van der Waals surface area contributed by atoms with Crippen LogP contribution in [0.4, 0.5) is 0 Å². The van der Waals surface area contributed by atoms with Crippen molar-refractivity contribution in [3.63, 3.8) is 0 Å². The van der Waals surface area contributed by atoms with Crippen LogP contribution in [0.1, 0.15) is 28.7 Å². The molecule has 0 spiro atoms. The summed E-state index contributed by atoms with van der Waals surface area (Å²) in [5, 5.41) is 37.7. The molecule has 5 heteroatoms. The minimum atomic E-state index is -1.47. The van der Waals surface area contributed by atoms with Crippen LogP contribution < -0.4 is 0 Å². The highest BCUT2D eigenvalue weighted by atomic mass is 16.4. The number of carboxylic acid groups (broad SMARTS) is 1. The maximum atomic E-state index is 10.5. The standard InChI is InChI=1S/C13H18O5/c1-6-7(2)12(16)9(8(3)11(6)15)4-5-10(14)13(17)18/h10,14-16H,4-5H2,1-3H3,(H,17,18). The molecule has 0 bridgehead atoms. The van der Waals surface area contributed by atoms with Gasteiger partial charge in [0, 0.05) is 5.56 Å². The molecule has 5 nitrogen and oxygen atoms in total. The van der Waals surface area contributed by atoms with E-state index in [9.17, 15) is 20.1 Å². The molecule has 0 saturated heterocycles. The average Bonchev–Trinajstić information content (AvgIpc) is 2.33. The van der Waals surface area contributed by atoms with Gasteiger partial charge in [-0.05, 0) is 50.3 Å². The maximum absolute atomic E-state index is 10.5. The normalized spacial score (nSPS) is 12.4. The SMILES string of the molecule is Cc1c(C)c(O)c(CCC(O)C(=O)O)c(C)c1O. The van der Waals surface area contributed by atoms with Crippen molar-refractivity contribution in [2.45, 2.75) is 39.7 Å². The van der Waals surface area contributed by atoms with Crippen LogP contribution in [0, 0.1) is 20.8 Å². The summed E-state index contributed by atoms with van der Waals surface area (Å²) in [6.45, 7) is 5.04. The number of rotatable bonds is 4. The Morgan fingerprint density at radius 2 is 1.56 bits per heavy atom. The van der Waals surface area contributed by atoms with Gasteiger partial charge in [0.1, 0.15) is 11.5 Å². The topological polar surface area (TPSA) is 98.0 Å². The van der Waals surface area contributed by atoms with Crippen LogP contribution in [0.25, 0.3) is 0 Å². The van der Waals surface area contributed by atoms with E-state index in [4.69, 9.17) is 5.11 Å². The summed E-state index contributed by atoms with van der Waals surface area (Å²) in [5.74, 6) is -1.13. The zero-order chi connectivity index (χ0) is 14.0. The smallest absolute Gasteiger partial charge is 0.332 e. The molecule has 1 aromatic rings. The Morgan fingerprint density at radius 3 is 2.06 bits per heavy atom. The summed E-state index contributed by atoms with van der Waals surface area (Å²) >= 11 is 0. The number of aliphatic hydroxyl groups excluding tert-OH is 1. The van der Waals surface area contributed by atoms with Gasteiger partial charge >= 0.3 is 5.97 Å². The van der Waals surface area contributed by atoms with Gasteiger partial charge in [-0.3, -0.25) is 0 Å². The van der Waals surface area contributed by atoms with Gasteiger partial charge in [0.25, 0.3) is 0 Å². The fourth-order valence-electron chi connectivity index (χ4n) is 1.89. The van der Waals surface area contributed by atoms with Crippen LogP contribution in [0.5, 0.6) is 11.5 Å². The van der Waals surface area contributed by atoms with E-state index in [1.165, 1.54) is 0 Å². The number of carbonyl (C=O) groups is 1. The Bertz CT molecular complexity index is 450.